The van der Waals surface area contributed by atoms with Gasteiger partial charge in [-0.2, -0.15) is 0 Å². The van der Waals surface area contributed by atoms with E-state index in [0.29, 0.717) is 18.0 Å². The van der Waals surface area contributed by atoms with E-state index in [1.165, 1.54) is 6.92 Å². The maximum Gasteiger partial charge on any atom is 0.238 e. The highest BCUT2D eigenvalue weighted by atomic mass is 32.2. The summed E-state index contributed by atoms with van der Waals surface area (Å²) in [7, 11) is 1.55. The second-order valence-electron chi connectivity index (χ2n) is 4.71. The normalized spacial score (nSPS) is 17.3. The zero-order valence-electron chi connectivity index (χ0n) is 12.1. The summed E-state index contributed by atoms with van der Waals surface area (Å²) < 4.78 is 5.19. The SMILES string of the molecule is COc1ccc(CNC(=O)C2CSCN2)cc1NC(C)=O. The molecule has 1 atom stereocenters. The number of hydrogen-bond acceptors (Lipinski definition) is 5. The highest BCUT2D eigenvalue weighted by Gasteiger charge is 2.21. The van der Waals surface area contributed by atoms with Crippen LogP contribution in [0.1, 0.15) is 12.5 Å². The number of nitrogens with one attached hydrogen (secondary N) is 3. The third kappa shape index (κ3) is 4.37. The number of anilines is 1. The van der Waals surface area contributed by atoms with Crippen LogP contribution in [-0.4, -0.2) is 36.6 Å². The van der Waals surface area contributed by atoms with Crippen LogP contribution < -0.4 is 20.7 Å². The number of benzene rings is 1. The molecule has 2 amide bonds. The molecule has 114 valence electrons. The van der Waals surface area contributed by atoms with Gasteiger partial charge in [0.2, 0.25) is 11.8 Å². The summed E-state index contributed by atoms with van der Waals surface area (Å²) in [6, 6.07) is 5.32. The number of ether oxygens (including phenoxy) is 1. The van der Waals surface area contributed by atoms with E-state index in [2.05, 4.69) is 16.0 Å². The van der Waals surface area contributed by atoms with Gasteiger partial charge in [0.25, 0.3) is 0 Å². The highest BCUT2D eigenvalue weighted by molar-refractivity contribution is 7.99. The van der Waals surface area contributed by atoms with Crippen molar-refractivity contribution in [1.29, 1.82) is 0 Å². The monoisotopic (exact) mass is 309 g/mol. The third-order valence-corrected chi connectivity index (χ3v) is 4.01. The Labute approximate surface area is 128 Å². The van der Waals surface area contributed by atoms with Crippen LogP contribution in [0.5, 0.6) is 5.75 Å². The van der Waals surface area contributed by atoms with Crippen LogP contribution in [0.15, 0.2) is 18.2 Å². The van der Waals surface area contributed by atoms with Crippen LogP contribution in [-0.2, 0) is 16.1 Å². The standard InChI is InChI=1S/C14H19N3O3S/c1-9(18)17-11-5-10(3-4-13(11)20-2)6-15-14(19)12-7-21-8-16-12/h3-5,12,16H,6-8H2,1-2H3,(H,15,19)(H,17,18). The number of thioether (sulfide) groups is 1. The Balaban J connectivity index is 1.99. The van der Waals surface area contributed by atoms with Crippen LogP contribution in [0.4, 0.5) is 5.69 Å². The van der Waals surface area contributed by atoms with Crippen molar-refractivity contribution in [3.05, 3.63) is 23.8 Å². The molecule has 0 saturated carbocycles. The molecule has 6 nitrogen and oxygen atoms in total. The minimum atomic E-state index is -0.165. The van der Waals surface area contributed by atoms with Gasteiger partial charge >= 0.3 is 0 Å². The molecule has 0 bridgehead atoms. The molecule has 1 saturated heterocycles. The Morgan fingerprint density at radius 2 is 2.29 bits per heavy atom. The van der Waals surface area contributed by atoms with Crippen molar-refractivity contribution in [1.82, 2.24) is 10.6 Å². The van der Waals surface area contributed by atoms with Gasteiger partial charge in [0.05, 0.1) is 18.8 Å². The largest absolute Gasteiger partial charge is 0.495 e. The van der Waals surface area contributed by atoms with Gasteiger partial charge in [0.1, 0.15) is 5.75 Å². The molecule has 1 aromatic rings. The lowest BCUT2D eigenvalue weighted by atomic mass is 10.1. The predicted octanol–water partition coefficient (Wildman–Crippen LogP) is 0.932. The molecular weight excluding hydrogens is 290 g/mol. The van der Waals surface area contributed by atoms with Gasteiger partial charge in [0.15, 0.2) is 0 Å². The van der Waals surface area contributed by atoms with Crippen molar-refractivity contribution in [2.45, 2.75) is 19.5 Å². The molecule has 0 aromatic heterocycles. The van der Waals surface area contributed by atoms with E-state index in [0.717, 1.165) is 17.2 Å². The van der Waals surface area contributed by atoms with E-state index in [1.54, 1.807) is 31.0 Å². The van der Waals surface area contributed by atoms with Gasteiger partial charge in [-0.05, 0) is 17.7 Å². The molecule has 21 heavy (non-hydrogen) atoms. The fourth-order valence-electron chi connectivity index (χ4n) is 2.03. The van der Waals surface area contributed by atoms with Crippen molar-refractivity contribution in [3.63, 3.8) is 0 Å². The van der Waals surface area contributed by atoms with Crippen molar-refractivity contribution < 1.29 is 14.3 Å². The zero-order valence-corrected chi connectivity index (χ0v) is 12.9. The molecular formula is C14H19N3O3S. The lowest BCUT2D eigenvalue weighted by Gasteiger charge is -2.13. The van der Waals surface area contributed by atoms with Gasteiger partial charge in [-0.25, -0.2) is 0 Å². The lowest BCUT2D eigenvalue weighted by Crippen LogP contribution is -2.41. The number of carbonyl (C=O) groups excluding carboxylic acids is 2. The lowest BCUT2D eigenvalue weighted by molar-refractivity contribution is -0.122. The van der Waals surface area contributed by atoms with Crippen LogP contribution in [0, 0.1) is 0 Å². The average Bonchev–Trinajstić information content (AvgIpc) is 2.98. The average molecular weight is 309 g/mol. The topological polar surface area (TPSA) is 79.5 Å². The zero-order chi connectivity index (χ0) is 15.2. The Morgan fingerprint density at radius 3 is 2.90 bits per heavy atom. The van der Waals surface area contributed by atoms with Crippen LogP contribution in [0.3, 0.4) is 0 Å². The van der Waals surface area contributed by atoms with E-state index in [-0.39, 0.29) is 17.9 Å². The summed E-state index contributed by atoms with van der Waals surface area (Å²) in [6.45, 7) is 1.86. The van der Waals surface area contributed by atoms with Crippen LogP contribution in [0.2, 0.25) is 0 Å². The maximum absolute atomic E-state index is 11.9. The number of methoxy groups -OCH3 is 1. The maximum atomic E-state index is 11.9. The Bertz CT molecular complexity index is 530. The molecule has 1 aromatic carbocycles. The van der Waals surface area contributed by atoms with E-state index >= 15 is 0 Å². The van der Waals surface area contributed by atoms with Gasteiger partial charge < -0.3 is 15.4 Å². The molecule has 1 aliphatic heterocycles. The second kappa shape index (κ2) is 7.33. The fraction of sp³-hybridized carbons (Fsp3) is 0.429. The van der Waals surface area contributed by atoms with Crippen molar-refractivity contribution in [2.24, 2.45) is 0 Å². The molecule has 0 radical (unpaired) electrons. The first kappa shape index (κ1) is 15.7. The molecule has 0 spiro atoms. The Hall–Kier alpha value is -1.73. The molecule has 1 heterocycles. The Kier molecular flexibility index (Phi) is 5.46. The van der Waals surface area contributed by atoms with E-state index in [1.807, 2.05) is 6.07 Å². The Morgan fingerprint density at radius 1 is 1.48 bits per heavy atom. The minimum absolute atomic E-state index is 0.00287. The second-order valence-corrected chi connectivity index (χ2v) is 5.74. The predicted molar refractivity (Wildman–Crippen MR) is 83.4 cm³/mol. The van der Waals surface area contributed by atoms with E-state index < -0.39 is 0 Å². The van der Waals surface area contributed by atoms with Gasteiger partial charge in [-0.1, -0.05) is 6.07 Å². The number of amides is 2. The first-order chi connectivity index (χ1) is 10.1. The summed E-state index contributed by atoms with van der Waals surface area (Å²) in [5.74, 6) is 2.03. The van der Waals surface area contributed by atoms with Crippen molar-refractivity contribution in [3.8, 4) is 5.75 Å². The number of carbonyl (C=O) groups is 2. The van der Waals surface area contributed by atoms with Gasteiger partial charge in [-0.3, -0.25) is 14.9 Å². The first-order valence-corrected chi connectivity index (χ1v) is 7.79. The molecule has 0 aliphatic carbocycles. The number of hydrogen-bond donors (Lipinski definition) is 3. The van der Waals surface area contributed by atoms with E-state index in [9.17, 15) is 9.59 Å². The summed E-state index contributed by atoms with van der Waals surface area (Å²) in [4.78, 5) is 23.1. The fourth-order valence-corrected chi connectivity index (χ4v) is 2.97. The molecule has 1 unspecified atom stereocenters. The smallest absolute Gasteiger partial charge is 0.238 e. The minimum Gasteiger partial charge on any atom is -0.495 e. The molecule has 1 fully saturated rings. The van der Waals surface area contributed by atoms with Gasteiger partial charge in [-0.15, -0.1) is 11.8 Å². The third-order valence-electron chi connectivity index (χ3n) is 3.07. The quantitative estimate of drug-likeness (QED) is 0.754. The molecule has 2 rings (SSSR count). The van der Waals surface area contributed by atoms with Crippen LogP contribution in [0.25, 0.3) is 0 Å². The van der Waals surface area contributed by atoms with Gasteiger partial charge in [0, 0.05) is 25.1 Å². The van der Waals surface area contributed by atoms with Crippen LogP contribution >= 0.6 is 11.8 Å². The molecule has 7 heteroatoms. The first-order valence-electron chi connectivity index (χ1n) is 6.63. The van der Waals surface area contributed by atoms with Crippen molar-refractivity contribution in [2.75, 3.05) is 24.1 Å². The summed E-state index contributed by atoms with van der Waals surface area (Å²) >= 11 is 1.71. The summed E-state index contributed by atoms with van der Waals surface area (Å²) in [5.41, 5.74) is 1.50. The molecule has 3 N–H and O–H groups in total. The number of rotatable bonds is 5. The summed E-state index contributed by atoms with van der Waals surface area (Å²) in [6.07, 6.45) is 0. The summed E-state index contributed by atoms with van der Waals surface area (Å²) in [5, 5.41) is 8.73. The molecule has 1 aliphatic rings. The van der Waals surface area contributed by atoms with Crippen molar-refractivity contribution >= 4 is 29.3 Å². The highest BCUT2D eigenvalue weighted by Crippen LogP contribution is 2.25. The van der Waals surface area contributed by atoms with E-state index in [4.69, 9.17) is 4.74 Å².